The molecule has 1 aliphatic carbocycles. The Morgan fingerprint density at radius 1 is 1.21 bits per heavy atom. The number of morpholine rings is 1. The third kappa shape index (κ3) is 2.52. The maximum atomic E-state index is 11.8. The molecule has 3 heteroatoms. The quantitative estimate of drug-likeness (QED) is 0.765. The Bertz CT molecular complexity index is 445. The lowest BCUT2D eigenvalue weighted by molar-refractivity contribution is -0.170. The zero-order valence-corrected chi connectivity index (χ0v) is 11.4. The first kappa shape index (κ1) is 12.7. The number of esters is 1. The van der Waals surface area contributed by atoms with Crippen LogP contribution in [0.1, 0.15) is 44.2 Å². The van der Waals surface area contributed by atoms with E-state index >= 15 is 0 Å². The van der Waals surface area contributed by atoms with Gasteiger partial charge >= 0.3 is 5.97 Å². The van der Waals surface area contributed by atoms with Gasteiger partial charge in [-0.05, 0) is 31.7 Å². The van der Waals surface area contributed by atoms with Crippen molar-refractivity contribution in [3.63, 3.8) is 0 Å². The van der Waals surface area contributed by atoms with Crippen LogP contribution in [0.25, 0.3) is 0 Å². The van der Waals surface area contributed by atoms with Crippen LogP contribution < -0.4 is 0 Å². The molecular formula is C16H21NO2. The minimum Gasteiger partial charge on any atom is -0.460 e. The summed E-state index contributed by atoms with van der Waals surface area (Å²) in [6, 6.07) is 11.1. The van der Waals surface area contributed by atoms with Gasteiger partial charge in [0.2, 0.25) is 0 Å². The molecule has 3 nitrogen and oxygen atoms in total. The van der Waals surface area contributed by atoms with Crippen molar-refractivity contribution in [2.75, 3.05) is 6.54 Å². The Kier molecular flexibility index (Phi) is 3.56. The zero-order chi connectivity index (χ0) is 13.2. The normalized spacial score (nSPS) is 29.4. The van der Waals surface area contributed by atoms with Crippen molar-refractivity contribution in [3.8, 4) is 0 Å². The van der Waals surface area contributed by atoms with E-state index in [0.717, 1.165) is 12.8 Å². The average Bonchev–Trinajstić information content (AvgIpc) is 2.46. The number of ether oxygens (including phenoxy) is 1. The largest absolute Gasteiger partial charge is 0.460 e. The van der Waals surface area contributed by atoms with E-state index in [1.165, 1.54) is 18.4 Å². The van der Waals surface area contributed by atoms with Crippen molar-refractivity contribution >= 4 is 5.97 Å². The molecule has 1 aromatic rings. The van der Waals surface area contributed by atoms with Gasteiger partial charge in [-0.3, -0.25) is 9.69 Å². The molecule has 0 aromatic heterocycles. The molecule has 0 spiro atoms. The molecule has 102 valence electrons. The predicted molar refractivity (Wildman–Crippen MR) is 73.7 cm³/mol. The van der Waals surface area contributed by atoms with E-state index in [0.29, 0.717) is 12.6 Å². The summed E-state index contributed by atoms with van der Waals surface area (Å²) in [7, 11) is 0. The SMILES string of the molecule is CC(c1ccccc1)N1CC(=O)OC2CCCC[C@@H]21. The van der Waals surface area contributed by atoms with E-state index in [9.17, 15) is 4.79 Å². The molecule has 0 radical (unpaired) electrons. The van der Waals surface area contributed by atoms with Crippen LogP contribution in [0.4, 0.5) is 0 Å². The Morgan fingerprint density at radius 2 is 1.95 bits per heavy atom. The second-order valence-corrected chi connectivity index (χ2v) is 5.64. The van der Waals surface area contributed by atoms with E-state index in [2.05, 4.69) is 36.1 Å². The van der Waals surface area contributed by atoms with Crippen molar-refractivity contribution in [2.45, 2.75) is 50.8 Å². The molecule has 3 rings (SSSR count). The van der Waals surface area contributed by atoms with Gasteiger partial charge in [-0.25, -0.2) is 0 Å². The summed E-state index contributed by atoms with van der Waals surface area (Å²) in [5.41, 5.74) is 1.28. The maximum absolute atomic E-state index is 11.8. The molecule has 0 bridgehead atoms. The molecule has 0 amide bonds. The van der Waals surface area contributed by atoms with Crippen LogP contribution in [0.3, 0.4) is 0 Å². The summed E-state index contributed by atoms with van der Waals surface area (Å²) in [6.07, 6.45) is 4.71. The fraction of sp³-hybridized carbons (Fsp3) is 0.562. The zero-order valence-electron chi connectivity index (χ0n) is 11.4. The molecule has 19 heavy (non-hydrogen) atoms. The fourth-order valence-electron chi connectivity index (χ4n) is 3.41. The third-order valence-corrected chi connectivity index (χ3v) is 4.47. The summed E-state index contributed by atoms with van der Waals surface area (Å²) in [6.45, 7) is 2.62. The minimum absolute atomic E-state index is 0.0640. The van der Waals surface area contributed by atoms with Crippen LogP contribution in [-0.2, 0) is 9.53 Å². The van der Waals surface area contributed by atoms with Crippen molar-refractivity contribution in [1.82, 2.24) is 4.90 Å². The smallest absolute Gasteiger partial charge is 0.320 e. The molecule has 1 aromatic carbocycles. The molecular weight excluding hydrogens is 238 g/mol. The number of nitrogens with zero attached hydrogens (tertiary/aromatic N) is 1. The summed E-state index contributed by atoms with van der Waals surface area (Å²) in [5.74, 6) is -0.0640. The molecule has 1 heterocycles. The molecule has 2 fully saturated rings. The lowest BCUT2D eigenvalue weighted by Crippen LogP contribution is -2.55. The van der Waals surface area contributed by atoms with Gasteiger partial charge in [-0.1, -0.05) is 36.8 Å². The summed E-state index contributed by atoms with van der Waals surface area (Å²) in [5, 5.41) is 0. The van der Waals surface area contributed by atoms with Crippen LogP contribution in [0.5, 0.6) is 0 Å². The highest BCUT2D eigenvalue weighted by atomic mass is 16.5. The summed E-state index contributed by atoms with van der Waals surface area (Å²) in [4.78, 5) is 14.1. The number of hydrogen-bond acceptors (Lipinski definition) is 3. The summed E-state index contributed by atoms with van der Waals surface area (Å²) < 4.78 is 5.53. The fourth-order valence-corrected chi connectivity index (χ4v) is 3.41. The average molecular weight is 259 g/mol. The molecule has 2 aliphatic rings. The Morgan fingerprint density at radius 3 is 2.74 bits per heavy atom. The molecule has 2 unspecified atom stereocenters. The Balaban J connectivity index is 1.83. The number of hydrogen-bond donors (Lipinski definition) is 0. The highest BCUT2D eigenvalue weighted by Gasteiger charge is 2.40. The van der Waals surface area contributed by atoms with Crippen LogP contribution >= 0.6 is 0 Å². The van der Waals surface area contributed by atoms with Gasteiger partial charge in [0.15, 0.2) is 0 Å². The third-order valence-electron chi connectivity index (χ3n) is 4.47. The standard InChI is InChI=1S/C16H21NO2/c1-12(13-7-3-2-4-8-13)17-11-16(18)19-15-10-6-5-9-14(15)17/h2-4,7-8,12,14-15H,5-6,9-11H2,1H3/t12?,14-,15?/m0/s1. The van der Waals surface area contributed by atoms with Gasteiger partial charge in [-0.15, -0.1) is 0 Å². The van der Waals surface area contributed by atoms with Crippen LogP contribution in [0, 0.1) is 0 Å². The molecule has 1 saturated carbocycles. The van der Waals surface area contributed by atoms with Gasteiger partial charge in [0, 0.05) is 12.1 Å². The van der Waals surface area contributed by atoms with E-state index in [1.54, 1.807) is 0 Å². The second kappa shape index (κ2) is 5.33. The molecule has 1 aliphatic heterocycles. The lowest BCUT2D eigenvalue weighted by atomic mass is 9.88. The molecule has 1 saturated heterocycles. The summed E-state index contributed by atoms with van der Waals surface area (Å²) >= 11 is 0. The second-order valence-electron chi connectivity index (χ2n) is 5.64. The van der Waals surface area contributed by atoms with Gasteiger partial charge in [-0.2, -0.15) is 0 Å². The van der Waals surface area contributed by atoms with Gasteiger partial charge in [0.25, 0.3) is 0 Å². The lowest BCUT2D eigenvalue weighted by Gasteiger charge is -2.45. The number of fused-ring (bicyclic) bond motifs is 1. The van der Waals surface area contributed by atoms with Crippen LogP contribution in [0.2, 0.25) is 0 Å². The van der Waals surface area contributed by atoms with Gasteiger partial charge in [0.05, 0.1) is 6.54 Å². The van der Waals surface area contributed by atoms with Crippen molar-refractivity contribution in [1.29, 1.82) is 0 Å². The highest BCUT2D eigenvalue weighted by molar-refractivity contribution is 5.73. The van der Waals surface area contributed by atoms with E-state index in [4.69, 9.17) is 4.74 Å². The van der Waals surface area contributed by atoms with Crippen LogP contribution in [-0.4, -0.2) is 29.6 Å². The Labute approximate surface area is 114 Å². The van der Waals surface area contributed by atoms with Crippen LogP contribution in [0.15, 0.2) is 30.3 Å². The molecule has 0 N–H and O–H groups in total. The number of rotatable bonds is 2. The van der Waals surface area contributed by atoms with E-state index < -0.39 is 0 Å². The number of benzene rings is 1. The van der Waals surface area contributed by atoms with E-state index in [-0.39, 0.29) is 18.1 Å². The van der Waals surface area contributed by atoms with Gasteiger partial charge < -0.3 is 4.74 Å². The topological polar surface area (TPSA) is 29.5 Å². The number of carbonyl (C=O) groups excluding carboxylic acids is 1. The maximum Gasteiger partial charge on any atom is 0.320 e. The first-order valence-corrected chi connectivity index (χ1v) is 7.26. The first-order chi connectivity index (χ1) is 9.25. The minimum atomic E-state index is -0.0640. The van der Waals surface area contributed by atoms with Crippen molar-refractivity contribution in [2.24, 2.45) is 0 Å². The highest BCUT2D eigenvalue weighted by Crippen LogP contribution is 2.34. The Hall–Kier alpha value is -1.35. The van der Waals surface area contributed by atoms with Crippen molar-refractivity contribution < 1.29 is 9.53 Å². The first-order valence-electron chi connectivity index (χ1n) is 7.26. The van der Waals surface area contributed by atoms with Crippen molar-refractivity contribution in [3.05, 3.63) is 35.9 Å². The monoisotopic (exact) mass is 259 g/mol. The van der Waals surface area contributed by atoms with Gasteiger partial charge in [0.1, 0.15) is 6.10 Å². The predicted octanol–water partition coefficient (Wildman–Crippen LogP) is 2.92. The van der Waals surface area contributed by atoms with E-state index in [1.807, 2.05) is 6.07 Å². The molecule has 3 atom stereocenters. The number of carbonyl (C=O) groups is 1.